The van der Waals surface area contributed by atoms with Crippen LogP contribution < -0.4 is 5.32 Å². The Morgan fingerprint density at radius 1 is 1.00 bits per heavy atom. The number of nitrogens with zero attached hydrogens (tertiary/aromatic N) is 2. The molecule has 0 fully saturated rings. The number of benzene rings is 2. The number of amides is 1. The van der Waals surface area contributed by atoms with Crippen molar-refractivity contribution in [3.8, 4) is 11.5 Å². The van der Waals surface area contributed by atoms with Crippen LogP contribution in [0.3, 0.4) is 0 Å². The van der Waals surface area contributed by atoms with Crippen LogP contribution in [-0.4, -0.2) is 21.4 Å². The summed E-state index contributed by atoms with van der Waals surface area (Å²) in [6.45, 7) is 9.86. The highest BCUT2D eigenvalue weighted by molar-refractivity contribution is 8.00. The van der Waals surface area contributed by atoms with E-state index in [2.05, 4.69) is 21.6 Å². The standard InChI is InChI=1S/C21H23N3O2S/c1-12-6-7-15(4)18(11-12)22-19(25)16(5)27-21-24-23-20(26-21)17-9-13(2)8-14(3)10-17/h6-11,16H,1-5H3,(H,22,25). The number of anilines is 1. The Morgan fingerprint density at radius 3 is 2.41 bits per heavy atom. The zero-order valence-electron chi connectivity index (χ0n) is 16.2. The molecule has 27 heavy (non-hydrogen) atoms. The van der Waals surface area contributed by atoms with Crippen molar-refractivity contribution in [3.05, 3.63) is 58.7 Å². The molecule has 1 aromatic heterocycles. The normalized spacial score (nSPS) is 12.0. The van der Waals surface area contributed by atoms with Crippen molar-refractivity contribution in [2.45, 2.75) is 45.1 Å². The van der Waals surface area contributed by atoms with E-state index in [1.54, 1.807) is 0 Å². The minimum Gasteiger partial charge on any atom is -0.411 e. The summed E-state index contributed by atoms with van der Waals surface area (Å²) >= 11 is 1.25. The van der Waals surface area contributed by atoms with Crippen molar-refractivity contribution >= 4 is 23.4 Å². The van der Waals surface area contributed by atoms with E-state index in [0.717, 1.165) is 33.5 Å². The number of aryl methyl sites for hydroxylation is 4. The summed E-state index contributed by atoms with van der Waals surface area (Å²) in [7, 11) is 0. The second-order valence-corrected chi connectivity index (χ2v) is 8.11. The van der Waals surface area contributed by atoms with E-state index in [1.807, 2.05) is 65.0 Å². The van der Waals surface area contributed by atoms with Gasteiger partial charge in [0.25, 0.3) is 5.22 Å². The van der Waals surface area contributed by atoms with Crippen molar-refractivity contribution in [2.75, 3.05) is 5.32 Å². The lowest BCUT2D eigenvalue weighted by Gasteiger charge is -2.12. The van der Waals surface area contributed by atoms with Gasteiger partial charge in [-0.05, 0) is 63.9 Å². The van der Waals surface area contributed by atoms with Crippen molar-refractivity contribution < 1.29 is 9.21 Å². The molecular formula is C21H23N3O2S. The fraction of sp³-hybridized carbons (Fsp3) is 0.286. The average Bonchev–Trinajstić information content (AvgIpc) is 3.05. The van der Waals surface area contributed by atoms with Crippen LogP contribution in [0.4, 0.5) is 5.69 Å². The SMILES string of the molecule is Cc1cc(C)cc(-c2nnc(SC(C)C(=O)Nc3cc(C)ccc3C)o2)c1. The molecule has 6 heteroatoms. The predicted octanol–water partition coefficient (Wildman–Crippen LogP) is 5.09. The number of thioether (sulfide) groups is 1. The van der Waals surface area contributed by atoms with Crippen molar-refractivity contribution in [1.82, 2.24) is 10.2 Å². The first-order valence-electron chi connectivity index (χ1n) is 8.79. The summed E-state index contributed by atoms with van der Waals surface area (Å²) in [5, 5.41) is 11.2. The molecule has 1 unspecified atom stereocenters. The van der Waals surface area contributed by atoms with Crippen LogP contribution in [0.5, 0.6) is 0 Å². The lowest BCUT2D eigenvalue weighted by atomic mass is 10.1. The summed E-state index contributed by atoms with van der Waals surface area (Å²) in [5.41, 5.74) is 6.12. The van der Waals surface area contributed by atoms with Gasteiger partial charge in [-0.1, -0.05) is 41.1 Å². The summed E-state index contributed by atoms with van der Waals surface area (Å²) < 4.78 is 5.75. The topological polar surface area (TPSA) is 68.0 Å². The van der Waals surface area contributed by atoms with E-state index >= 15 is 0 Å². The number of rotatable bonds is 5. The first-order chi connectivity index (χ1) is 12.8. The zero-order valence-corrected chi connectivity index (χ0v) is 17.0. The van der Waals surface area contributed by atoms with E-state index in [4.69, 9.17) is 4.42 Å². The molecule has 0 bridgehead atoms. The number of nitrogens with one attached hydrogen (secondary N) is 1. The number of carbonyl (C=O) groups excluding carboxylic acids is 1. The minimum absolute atomic E-state index is 0.0974. The van der Waals surface area contributed by atoms with Gasteiger partial charge in [-0.15, -0.1) is 10.2 Å². The smallest absolute Gasteiger partial charge is 0.277 e. The monoisotopic (exact) mass is 381 g/mol. The quantitative estimate of drug-likeness (QED) is 0.624. The molecule has 140 valence electrons. The second-order valence-electron chi connectivity index (χ2n) is 6.82. The van der Waals surface area contributed by atoms with Gasteiger partial charge in [0.1, 0.15) is 0 Å². The molecule has 0 radical (unpaired) electrons. The molecule has 3 rings (SSSR count). The van der Waals surface area contributed by atoms with Gasteiger partial charge in [0.15, 0.2) is 0 Å². The Morgan fingerprint density at radius 2 is 1.70 bits per heavy atom. The van der Waals surface area contributed by atoms with Crippen LogP contribution in [0.15, 0.2) is 46.0 Å². The summed E-state index contributed by atoms with van der Waals surface area (Å²) in [4.78, 5) is 12.5. The maximum Gasteiger partial charge on any atom is 0.277 e. The van der Waals surface area contributed by atoms with E-state index < -0.39 is 0 Å². The molecule has 1 N–H and O–H groups in total. The van der Waals surface area contributed by atoms with Crippen LogP contribution in [-0.2, 0) is 4.79 Å². The molecule has 1 amide bonds. The number of hydrogen-bond acceptors (Lipinski definition) is 5. The van der Waals surface area contributed by atoms with Gasteiger partial charge < -0.3 is 9.73 Å². The molecule has 1 heterocycles. The third kappa shape index (κ3) is 4.77. The molecule has 0 aliphatic rings. The molecule has 5 nitrogen and oxygen atoms in total. The van der Waals surface area contributed by atoms with Crippen LogP contribution in [0.25, 0.3) is 11.5 Å². The highest BCUT2D eigenvalue weighted by atomic mass is 32.2. The molecule has 0 spiro atoms. The van der Waals surface area contributed by atoms with Crippen molar-refractivity contribution in [1.29, 1.82) is 0 Å². The largest absolute Gasteiger partial charge is 0.411 e. The maximum atomic E-state index is 12.5. The first-order valence-corrected chi connectivity index (χ1v) is 9.67. The van der Waals surface area contributed by atoms with Crippen LogP contribution >= 0.6 is 11.8 Å². The Hall–Kier alpha value is -2.60. The van der Waals surface area contributed by atoms with Crippen LogP contribution in [0.1, 0.15) is 29.2 Å². The van der Waals surface area contributed by atoms with Gasteiger partial charge in [0.05, 0.1) is 5.25 Å². The second kappa shape index (κ2) is 7.96. The Labute approximate surface area is 163 Å². The number of hydrogen-bond donors (Lipinski definition) is 1. The fourth-order valence-corrected chi connectivity index (χ4v) is 3.47. The number of aromatic nitrogens is 2. The fourth-order valence-electron chi connectivity index (χ4n) is 2.78. The molecule has 2 aromatic carbocycles. The van der Waals surface area contributed by atoms with Gasteiger partial charge in [0, 0.05) is 11.3 Å². The lowest BCUT2D eigenvalue weighted by molar-refractivity contribution is -0.115. The van der Waals surface area contributed by atoms with E-state index in [-0.39, 0.29) is 11.2 Å². The Bertz CT molecular complexity index is 961. The summed E-state index contributed by atoms with van der Waals surface area (Å²) in [6.07, 6.45) is 0. The molecule has 0 saturated carbocycles. The highest BCUT2D eigenvalue weighted by Crippen LogP contribution is 2.28. The molecule has 0 saturated heterocycles. The Kier molecular flexibility index (Phi) is 5.65. The maximum absolute atomic E-state index is 12.5. The predicted molar refractivity (Wildman–Crippen MR) is 109 cm³/mol. The third-order valence-electron chi connectivity index (χ3n) is 4.17. The van der Waals surface area contributed by atoms with Crippen LogP contribution in [0.2, 0.25) is 0 Å². The lowest BCUT2D eigenvalue weighted by Crippen LogP contribution is -2.22. The van der Waals surface area contributed by atoms with E-state index in [9.17, 15) is 4.79 Å². The van der Waals surface area contributed by atoms with Gasteiger partial charge in [-0.2, -0.15) is 0 Å². The average molecular weight is 382 g/mol. The summed E-state index contributed by atoms with van der Waals surface area (Å²) in [5.74, 6) is 0.367. The molecular weight excluding hydrogens is 358 g/mol. The zero-order chi connectivity index (χ0) is 19.6. The number of carbonyl (C=O) groups is 1. The van der Waals surface area contributed by atoms with Crippen molar-refractivity contribution in [2.24, 2.45) is 0 Å². The van der Waals surface area contributed by atoms with Crippen LogP contribution in [0, 0.1) is 27.7 Å². The third-order valence-corrected chi connectivity index (χ3v) is 5.11. The highest BCUT2D eigenvalue weighted by Gasteiger charge is 2.19. The van der Waals surface area contributed by atoms with Gasteiger partial charge >= 0.3 is 0 Å². The van der Waals surface area contributed by atoms with Gasteiger partial charge in [-0.3, -0.25) is 4.79 Å². The molecule has 0 aliphatic heterocycles. The minimum atomic E-state index is -0.363. The molecule has 3 aromatic rings. The summed E-state index contributed by atoms with van der Waals surface area (Å²) in [6, 6.07) is 12.1. The molecule has 1 atom stereocenters. The van der Waals surface area contributed by atoms with Gasteiger partial charge in [-0.25, -0.2) is 0 Å². The van der Waals surface area contributed by atoms with Crippen molar-refractivity contribution in [3.63, 3.8) is 0 Å². The van der Waals surface area contributed by atoms with E-state index in [1.165, 1.54) is 11.8 Å². The van der Waals surface area contributed by atoms with E-state index in [0.29, 0.717) is 11.1 Å². The van der Waals surface area contributed by atoms with Gasteiger partial charge in [0.2, 0.25) is 11.8 Å². The first kappa shape index (κ1) is 19.2. The molecule has 0 aliphatic carbocycles. The Balaban J connectivity index is 1.69.